The largest absolute Gasteiger partial charge is 0.385 e. The standard InChI is InChI=1S/C19H21FO/c1-19(21,13-14-5-11-18(20)12-6-14)17-9-7-16(8-10-17)15-3-2-4-15/h5-12,15,21H,2-4,13H2,1H3. The Morgan fingerprint density at radius 2 is 1.67 bits per heavy atom. The minimum atomic E-state index is -0.935. The lowest BCUT2D eigenvalue weighted by molar-refractivity contribution is 0.0576. The predicted molar refractivity (Wildman–Crippen MR) is 82.7 cm³/mol. The van der Waals surface area contributed by atoms with Gasteiger partial charge in [0.05, 0.1) is 5.60 Å². The smallest absolute Gasteiger partial charge is 0.123 e. The second-order valence-corrected chi connectivity index (χ2v) is 6.33. The molecule has 0 bridgehead atoms. The summed E-state index contributed by atoms with van der Waals surface area (Å²) in [5.41, 5.74) is 2.29. The number of aliphatic hydroxyl groups is 1. The maximum Gasteiger partial charge on any atom is 0.123 e. The van der Waals surface area contributed by atoms with E-state index < -0.39 is 5.60 Å². The molecule has 110 valence electrons. The second kappa shape index (κ2) is 5.61. The first-order valence-corrected chi connectivity index (χ1v) is 7.62. The lowest BCUT2D eigenvalue weighted by atomic mass is 9.79. The maximum absolute atomic E-state index is 12.9. The first-order valence-electron chi connectivity index (χ1n) is 7.62. The summed E-state index contributed by atoms with van der Waals surface area (Å²) < 4.78 is 12.9. The number of rotatable bonds is 4. The van der Waals surface area contributed by atoms with Crippen molar-refractivity contribution in [1.29, 1.82) is 0 Å². The molecule has 0 spiro atoms. The quantitative estimate of drug-likeness (QED) is 0.873. The zero-order valence-electron chi connectivity index (χ0n) is 12.3. The average molecular weight is 284 g/mol. The molecule has 1 fully saturated rings. The third-order valence-electron chi connectivity index (χ3n) is 4.57. The molecule has 1 saturated carbocycles. The monoisotopic (exact) mass is 284 g/mol. The minimum absolute atomic E-state index is 0.247. The number of benzene rings is 2. The summed E-state index contributed by atoms with van der Waals surface area (Å²) in [5, 5.41) is 10.7. The van der Waals surface area contributed by atoms with E-state index in [1.807, 2.05) is 19.1 Å². The van der Waals surface area contributed by atoms with E-state index >= 15 is 0 Å². The van der Waals surface area contributed by atoms with Gasteiger partial charge in [0.15, 0.2) is 0 Å². The summed E-state index contributed by atoms with van der Waals surface area (Å²) in [6.07, 6.45) is 4.38. The van der Waals surface area contributed by atoms with Crippen LogP contribution in [0.1, 0.15) is 48.8 Å². The summed E-state index contributed by atoms with van der Waals surface area (Å²) in [6.45, 7) is 1.81. The fraction of sp³-hybridized carbons (Fsp3) is 0.368. The van der Waals surface area contributed by atoms with E-state index in [9.17, 15) is 9.50 Å². The van der Waals surface area contributed by atoms with Crippen LogP contribution in [-0.4, -0.2) is 5.11 Å². The highest BCUT2D eigenvalue weighted by molar-refractivity contribution is 5.31. The van der Waals surface area contributed by atoms with Crippen LogP contribution in [-0.2, 0) is 12.0 Å². The molecule has 0 radical (unpaired) electrons. The summed E-state index contributed by atoms with van der Waals surface area (Å²) in [5.74, 6) is 0.462. The van der Waals surface area contributed by atoms with Gasteiger partial charge in [-0.25, -0.2) is 4.39 Å². The van der Waals surface area contributed by atoms with Crippen molar-refractivity contribution in [3.05, 3.63) is 71.0 Å². The van der Waals surface area contributed by atoms with Gasteiger partial charge in [-0.3, -0.25) is 0 Å². The van der Waals surface area contributed by atoms with Crippen LogP contribution >= 0.6 is 0 Å². The summed E-state index contributed by atoms with van der Waals surface area (Å²) in [6, 6.07) is 14.7. The molecular weight excluding hydrogens is 263 g/mol. The van der Waals surface area contributed by atoms with Crippen molar-refractivity contribution in [2.45, 2.75) is 44.1 Å². The summed E-state index contributed by atoms with van der Waals surface area (Å²) >= 11 is 0. The fourth-order valence-electron chi connectivity index (χ4n) is 2.96. The topological polar surface area (TPSA) is 20.2 Å². The lowest BCUT2D eigenvalue weighted by Gasteiger charge is -2.28. The molecule has 1 aliphatic rings. The van der Waals surface area contributed by atoms with Crippen LogP contribution in [0.3, 0.4) is 0 Å². The molecular formula is C19H21FO. The molecule has 1 N–H and O–H groups in total. The van der Waals surface area contributed by atoms with Crippen molar-refractivity contribution in [3.63, 3.8) is 0 Å². The van der Waals surface area contributed by atoms with Crippen LogP contribution in [0.4, 0.5) is 4.39 Å². The maximum atomic E-state index is 12.9. The van der Waals surface area contributed by atoms with E-state index in [4.69, 9.17) is 0 Å². The molecule has 1 nitrogen and oxygen atoms in total. The van der Waals surface area contributed by atoms with Crippen LogP contribution < -0.4 is 0 Å². The van der Waals surface area contributed by atoms with Gasteiger partial charge >= 0.3 is 0 Å². The summed E-state index contributed by atoms with van der Waals surface area (Å²) in [4.78, 5) is 0. The third kappa shape index (κ3) is 3.16. The van der Waals surface area contributed by atoms with Crippen molar-refractivity contribution < 1.29 is 9.50 Å². The average Bonchev–Trinajstić information content (AvgIpc) is 2.40. The van der Waals surface area contributed by atoms with Gasteiger partial charge in [0.25, 0.3) is 0 Å². The Balaban J connectivity index is 1.75. The highest BCUT2D eigenvalue weighted by Crippen LogP contribution is 2.37. The molecule has 0 amide bonds. The first-order chi connectivity index (χ1) is 10.0. The molecule has 0 aromatic heterocycles. The van der Waals surface area contributed by atoms with Crippen molar-refractivity contribution in [1.82, 2.24) is 0 Å². The number of hydrogen-bond donors (Lipinski definition) is 1. The molecule has 1 aliphatic carbocycles. The Kier molecular flexibility index (Phi) is 3.81. The van der Waals surface area contributed by atoms with Crippen LogP contribution in [0.25, 0.3) is 0 Å². The first kappa shape index (κ1) is 14.3. The van der Waals surface area contributed by atoms with Gasteiger partial charge in [0.2, 0.25) is 0 Å². The predicted octanol–water partition coefficient (Wildman–Crippen LogP) is 4.54. The van der Waals surface area contributed by atoms with Crippen molar-refractivity contribution >= 4 is 0 Å². The Morgan fingerprint density at radius 1 is 1.05 bits per heavy atom. The number of halogens is 1. The van der Waals surface area contributed by atoms with Crippen molar-refractivity contribution in [2.24, 2.45) is 0 Å². The van der Waals surface area contributed by atoms with Gasteiger partial charge in [-0.15, -0.1) is 0 Å². The minimum Gasteiger partial charge on any atom is -0.385 e. The highest BCUT2D eigenvalue weighted by atomic mass is 19.1. The zero-order valence-corrected chi connectivity index (χ0v) is 12.3. The molecule has 3 rings (SSSR count). The molecule has 1 unspecified atom stereocenters. The molecule has 2 aromatic rings. The normalized spacial score (nSPS) is 18.0. The molecule has 1 atom stereocenters. The van der Waals surface area contributed by atoms with E-state index in [-0.39, 0.29) is 5.82 Å². The van der Waals surface area contributed by atoms with Crippen LogP contribution in [0.2, 0.25) is 0 Å². The fourth-order valence-corrected chi connectivity index (χ4v) is 2.96. The van der Waals surface area contributed by atoms with E-state index in [1.54, 1.807) is 12.1 Å². The Morgan fingerprint density at radius 3 is 2.19 bits per heavy atom. The number of hydrogen-bond acceptors (Lipinski definition) is 1. The van der Waals surface area contributed by atoms with Gasteiger partial charge < -0.3 is 5.11 Å². The highest BCUT2D eigenvalue weighted by Gasteiger charge is 2.25. The van der Waals surface area contributed by atoms with E-state index in [2.05, 4.69) is 12.1 Å². The zero-order chi connectivity index (χ0) is 14.9. The second-order valence-electron chi connectivity index (χ2n) is 6.33. The molecule has 0 saturated heterocycles. The van der Waals surface area contributed by atoms with Crippen LogP contribution in [0.15, 0.2) is 48.5 Å². The van der Waals surface area contributed by atoms with E-state index in [0.717, 1.165) is 11.1 Å². The molecule has 2 aromatic carbocycles. The molecule has 0 heterocycles. The Hall–Kier alpha value is -1.67. The van der Waals surface area contributed by atoms with Gasteiger partial charge in [0.1, 0.15) is 5.82 Å². The molecule has 2 heteroatoms. The van der Waals surface area contributed by atoms with Crippen molar-refractivity contribution in [2.75, 3.05) is 0 Å². The SMILES string of the molecule is CC(O)(Cc1ccc(F)cc1)c1ccc(C2CCC2)cc1. The van der Waals surface area contributed by atoms with Gasteiger partial charge in [-0.1, -0.05) is 42.8 Å². The van der Waals surface area contributed by atoms with Gasteiger partial charge in [0, 0.05) is 6.42 Å². The van der Waals surface area contributed by atoms with Crippen LogP contribution in [0, 0.1) is 5.82 Å². The Labute approximate surface area is 125 Å². The van der Waals surface area contributed by atoms with Crippen LogP contribution in [0.5, 0.6) is 0 Å². The van der Waals surface area contributed by atoms with Gasteiger partial charge in [-0.2, -0.15) is 0 Å². The van der Waals surface area contributed by atoms with Crippen molar-refractivity contribution in [3.8, 4) is 0 Å². The third-order valence-corrected chi connectivity index (χ3v) is 4.57. The molecule has 0 aliphatic heterocycles. The molecule has 21 heavy (non-hydrogen) atoms. The van der Waals surface area contributed by atoms with E-state index in [0.29, 0.717) is 12.3 Å². The lowest BCUT2D eigenvalue weighted by Crippen LogP contribution is -2.24. The summed E-state index contributed by atoms with van der Waals surface area (Å²) in [7, 11) is 0. The van der Waals surface area contributed by atoms with E-state index in [1.165, 1.54) is 37.0 Å². The van der Waals surface area contributed by atoms with Gasteiger partial charge in [-0.05, 0) is 54.5 Å². The Bertz CT molecular complexity index is 594.